The first-order chi connectivity index (χ1) is 9.40. The molecule has 2 rings (SSSR count). The number of anilines is 2. The van der Waals surface area contributed by atoms with Crippen LogP contribution < -0.4 is 11.1 Å². The molecular weight excluding hydrogens is 275 g/mol. The van der Waals surface area contributed by atoms with Crippen LogP contribution in [0.25, 0.3) is 0 Å². The van der Waals surface area contributed by atoms with E-state index in [0.717, 1.165) is 16.8 Å². The predicted molar refractivity (Wildman–Crippen MR) is 81.8 cm³/mol. The van der Waals surface area contributed by atoms with Gasteiger partial charge in [0, 0.05) is 0 Å². The van der Waals surface area contributed by atoms with Gasteiger partial charge < -0.3 is 11.1 Å². The number of nitrogens with two attached hydrogens (primary N) is 1. The lowest BCUT2D eigenvalue weighted by Gasteiger charge is -2.14. The van der Waals surface area contributed by atoms with E-state index in [9.17, 15) is 4.39 Å². The molecule has 0 saturated heterocycles. The van der Waals surface area contributed by atoms with Crippen molar-refractivity contribution in [2.75, 3.05) is 5.32 Å². The monoisotopic (exact) mass is 290 g/mol. The second-order valence-electron chi connectivity index (χ2n) is 4.61. The Hall–Kier alpha value is -2.08. The van der Waals surface area contributed by atoms with Gasteiger partial charge in [-0.25, -0.2) is 4.39 Å². The second kappa shape index (κ2) is 5.50. The van der Waals surface area contributed by atoms with Gasteiger partial charge in [0.15, 0.2) is 5.82 Å². The lowest BCUT2D eigenvalue weighted by atomic mass is 10.1. The van der Waals surface area contributed by atoms with Crippen molar-refractivity contribution >= 4 is 28.7 Å². The molecule has 104 valence electrons. The number of rotatable bonds is 3. The molecule has 2 aromatic rings. The van der Waals surface area contributed by atoms with E-state index in [1.165, 1.54) is 6.07 Å². The third-order valence-corrected chi connectivity index (χ3v) is 3.28. The lowest BCUT2D eigenvalue weighted by molar-refractivity contribution is 0.631. The van der Waals surface area contributed by atoms with Crippen LogP contribution in [0, 0.1) is 26.6 Å². The Kier molecular flexibility index (Phi) is 3.94. The van der Waals surface area contributed by atoms with E-state index in [4.69, 9.17) is 18.0 Å². The molecule has 1 aromatic carbocycles. The van der Waals surface area contributed by atoms with Gasteiger partial charge in [0.25, 0.3) is 0 Å². The van der Waals surface area contributed by atoms with Crippen LogP contribution >= 0.6 is 12.2 Å². The van der Waals surface area contributed by atoms with E-state index >= 15 is 0 Å². The van der Waals surface area contributed by atoms with Gasteiger partial charge in [-0.2, -0.15) is 5.10 Å². The number of hydrogen-bond acceptors (Lipinski definition) is 4. The average molecular weight is 290 g/mol. The topological polar surface area (TPSA) is 63.8 Å². The third kappa shape index (κ3) is 2.75. The zero-order chi connectivity index (χ0) is 14.9. The molecule has 0 aliphatic carbocycles. The fraction of sp³-hybridized carbons (Fsp3) is 0.214. The highest BCUT2D eigenvalue weighted by Crippen LogP contribution is 2.24. The summed E-state index contributed by atoms with van der Waals surface area (Å²) in [6.45, 7) is 5.56. The van der Waals surface area contributed by atoms with Crippen molar-refractivity contribution in [3.8, 4) is 0 Å². The SMILES string of the molecule is Cc1ccc(F)c(Nc2nnc(C)c(C)c2C(N)=S)c1. The quantitative estimate of drug-likeness (QED) is 0.851. The first kappa shape index (κ1) is 14.3. The van der Waals surface area contributed by atoms with Crippen LogP contribution in [0.1, 0.15) is 22.4 Å². The van der Waals surface area contributed by atoms with E-state index < -0.39 is 0 Å². The molecule has 1 heterocycles. The molecule has 0 fully saturated rings. The highest BCUT2D eigenvalue weighted by atomic mass is 32.1. The summed E-state index contributed by atoms with van der Waals surface area (Å²) in [4.78, 5) is 0.205. The van der Waals surface area contributed by atoms with Crippen molar-refractivity contribution in [1.29, 1.82) is 0 Å². The molecule has 1 aromatic heterocycles. The average Bonchev–Trinajstić information content (AvgIpc) is 2.38. The number of halogens is 1. The number of aryl methyl sites for hydroxylation is 2. The van der Waals surface area contributed by atoms with Gasteiger partial charge in [-0.3, -0.25) is 0 Å². The van der Waals surface area contributed by atoms with Crippen LogP contribution in [-0.4, -0.2) is 15.2 Å². The Labute approximate surface area is 122 Å². The molecular formula is C14H15FN4S. The Morgan fingerprint density at radius 3 is 2.60 bits per heavy atom. The van der Waals surface area contributed by atoms with Gasteiger partial charge in [0.2, 0.25) is 0 Å². The molecule has 4 nitrogen and oxygen atoms in total. The van der Waals surface area contributed by atoms with Gasteiger partial charge >= 0.3 is 0 Å². The van der Waals surface area contributed by atoms with Crippen molar-refractivity contribution in [3.05, 3.63) is 46.4 Å². The molecule has 20 heavy (non-hydrogen) atoms. The molecule has 0 amide bonds. The van der Waals surface area contributed by atoms with Gasteiger partial charge in [0.1, 0.15) is 10.8 Å². The molecule has 0 spiro atoms. The van der Waals surface area contributed by atoms with Crippen molar-refractivity contribution in [2.45, 2.75) is 20.8 Å². The first-order valence-electron chi connectivity index (χ1n) is 6.07. The number of thiocarbonyl (C=S) groups is 1. The summed E-state index contributed by atoms with van der Waals surface area (Å²) in [6, 6.07) is 4.78. The van der Waals surface area contributed by atoms with Crippen LogP contribution in [0.4, 0.5) is 15.9 Å². The zero-order valence-corrected chi connectivity index (χ0v) is 12.3. The summed E-state index contributed by atoms with van der Waals surface area (Å²) in [6.07, 6.45) is 0. The summed E-state index contributed by atoms with van der Waals surface area (Å²) in [5.74, 6) is -0.00498. The van der Waals surface area contributed by atoms with Crippen molar-refractivity contribution in [1.82, 2.24) is 10.2 Å². The van der Waals surface area contributed by atoms with Crippen LogP contribution in [0.2, 0.25) is 0 Å². The molecule has 0 saturated carbocycles. The van der Waals surface area contributed by atoms with Crippen molar-refractivity contribution < 1.29 is 4.39 Å². The summed E-state index contributed by atoms with van der Waals surface area (Å²) < 4.78 is 13.8. The minimum absolute atomic E-state index is 0.205. The summed E-state index contributed by atoms with van der Waals surface area (Å²) in [5, 5.41) is 11.0. The maximum absolute atomic E-state index is 13.8. The van der Waals surface area contributed by atoms with Crippen molar-refractivity contribution in [2.24, 2.45) is 5.73 Å². The normalized spacial score (nSPS) is 10.4. The molecule has 0 bridgehead atoms. The van der Waals surface area contributed by atoms with E-state index in [-0.39, 0.29) is 10.8 Å². The minimum Gasteiger partial charge on any atom is -0.389 e. The highest BCUT2D eigenvalue weighted by molar-refractivity contribution is 7.80. The van der Waals surface area contributed by atoms with Gasteiger partial charge in [-0.1, -0.05) is 18.3 Å². The summed E-state index contributed by atoms with van der Waals surface area (Å²) in [5.41, 5.74) is 9.15. The molecule has 0 radical (unpaired) electrons. The second-order valence-corrected chi connectivity index (χ2v) is 5.05. The summed E-state index contributed by atoms with van der Waals surface area (Å²) >= 11 is 5.05. The Morgan fingerprint density at radius 1 is 1.25 bits per heavy atom. The third-order valence-electron chi connectivity index (χ3n) is 3.08. The molecule has 0 aliphatic heterocycles. The largest absolute Gasteiger partial charge is 0.389 e. The standard InChI is InChI=1S/C14H15FN4S/c1-7-4-5-10(15)11(6-7)17-14-12(13(16)20)8(2)9(3)18-19-14/h4-6H,1-3H3,(H2,16,20)(H,17,19). The number of benzene rings is 1. The predicted octanol–water partition coefficient (Wildman–Crippen LogP) is 2.92. The molecule has 3 N–H and O–H groups in total. The lowest BCUT2D eigenvalue weighted by Crippen LogP contribution is -2.17. The summed E-state index contributed by atoms with van der Waals surface area (Å²) in [7, 11) is 0. The number of nitrogens with one attached hydrogen (secondary N) is 1. The van der Waals surface area contributed by atoms with E-state index in [1.807, 2.05) is 20.8 Å². The van der Waals surface area contributed by atoms with Crippen LogP contribution in [0.3, 0.4) is 0 Å². The maximum Gasteiger partial charge on any atom is 0.163 e. The Balaban J connectivity index is 2.51. The first-order valence-corrected chi connectivity index (χ1v) is 6.48. The maximum atomic E-state index is 13.8. The van der Waals surface area contributed by atoms with E-state index in [1.54, 1.807) is 12.1 Å². The fourth-order valence-corrected chi connectivity index (χ4v) is 2.11. The molecule has 6 heteroatoms. The van der Waals surface area contributed by atoms with Crippen molar-refractivity contribution in [3.63, 3.8) is 0 Å². The van der Waals surface area contributed by atoms with Gasteiger partial charge in [-0.15, -0.1) is 5.10 Å². The molecule has 0 unspecified atom stereocenters. The zero-order valence-electron chi connectivity index (χ0n) is 11.5. The number of aromatic nitrogens is 2. The fourth-order valence-electron chi connectivity index (χ4n) is 1.86. The Bertz CT molecular complexity index is 685. The molecule has 0 aliphatic rings. The van der Waals surface area contributed by atoms with E-state index in [0.29, 0.717) is 17.1 Å². The minimum atomic E-state index is -0.371. The van der Waals surface area contributed by atoms with Crippen LogP contribution in [0.15, 0.2) is 18.2 Å². The highest BCUT2D eigenvalue weighted by Gasteiger charge is 2.15. The smallest absolute Gasteiger partial charge is 0.163 e. The van der Waals surface area contributed by atoms with Gasteiger partial charge in [0.05, 0.1) is 16.9 Å². The number of nitrogens with zero attached hydrogens (tertiary/aromatic N) is 2. The number of hydrogen-bond donors (Lipinski definition) is 2. The van der Waals surface area contributed by atoms with Crippen LogP contribution in [0.5, 0.6) is 0 Å². The van der Waals surface area contributed by atoms with E-state index in [2.05, 4.69) is 15.5 Å². The Morgan fingerprint density at radius 2 is 1.95 bits per heavy atom. The van der Waals surface area contributed by atoms with Crippen LogP contribution in [-0.2, 0) is 0 Å². The van der Waals surface area contributed by atoms with Gasteiger partial charge in [-0.05, 0) is 44.0 Å². The molecule has 0 atom stereocenters.